The molecule has 0 saturated carbocycles. The predicted octanol–water partition coefficient (Wildman–Crippen LogP) is 3.83. The molecule has 1 aliphatic rings. The Morgan fingerprint density at radius 2 is 1.90 bits per heavy atom. The largest absolute Gasteiger partial charge is 0.385 e. The van der Waals surface area contributed by atoms with E-state index in [2.05, 4.69) is 33.2 Å². The van der Waals surface area contributed by atoms with Crippen molar-refractivity contribution in [1.82, 2.24) is 0 Å². The summed E-state index contributed by atoms with van der Waals surface area (Å²) in [6.07, 6.45) is 0.826. The minimum atomic E-state index is -0.0801. The fourth-order valence-corrected chi connectivity index (χ4v) is 3.05. The monoisotopic (exact) mass is 378 g/mol. The van der Waals surface area contributed by atoms with Gasteiger partial charge < -0.3 is 10.6 Å². The van der Waals surface area contributed by atoms with Gasteiger partial charge in [0.05, 0.1) is 11.6 Å². The zero-order chi connectivity index (χ0) is 13.9. The number of anilines is 2. The van der Waals surface area contributed by atoms with E-state index in [1.165, 1.54) is 0 Å². The van der Waals surface area contributed by atoms with Gasteiger partial charge in [0.15, 0.2) is 0 Å². The van der Waals surface area contributed by atoms with Crippen molar-refractivity contribution >= 4 is 39.9 Å². The van der Waals surface area contributed by atoms with Crippen LogP contribution in [-0.2, 0) is 4.79 Å². The van der Waals surface area contributed by atoms with E-state index in [0.29, 0.717) is 0 Å². The van der Waals surface area contributed by atoms with Gasteiger partial charge in [0, 0.05) is 15.8 Å². The van der Waals surface area contributed by atoms with E-state index in [4.69, 9.17) is 0 Å². The summed E-state index contributed by atoms with van der Waals surface area (Å²) >= 11 is 2.24. The molecular weight excluding hydrogens is 363 g/mol. The summed E-state index contributed by atoms with van der Waals surface area (Å²) in [6, 6.07) is 15.9. The van der Waals surface area contributed by atoms with Crippen LogP contribution < -0.4 is 10.6 Å². The van der Waals surface area contributed by atoms with E-state index in [1.54, 1.807) is 0 Å². The molecule has 1 unspecified atom stereocenters. The lowest BCUT2D eigenvalue weighted by Gasteiger charge is -2.26. The van der Waals surface area contributed by atoms with Crippen LogP contribution >= 0.6 is 22.6 Å². The number of halogens is 1. The molecular formula is C16H15IN2O. The predicted molar refractivity (Wildman–Crippen MR) is 90.1 cm³/mol. The van der Waals surface area contributed by atoms with E-state index in [9.17, 15) is 4.79 Å². The summed E-state index contributed by atoms with van der Waals surface area (Å²) in [5.74, 6) is -0.00785. The zero-order valence-electron chi connectivity index (χ0n) is 10.9. The molecule has 1 heterocycles. The number of nitrogens with one attached hydrogen (secondary N) is 2. The molecule has 2 aromatic rings. The van der Waals surface area contributed by atoms with Crippen LogP contribution in [0, 0.1) is 3.57 Å². The molecule has 1 atom stereocenters. The van der Waals surface area contributed by atoms with Gasteiger partial charge in [0.1, 0.15) is 0 Å². The van der Waals surface area contributed by atoms with E-state index in [1.807, 2.05) is 48.5 Å². The van der Waals surface area contributed by atoms with Gasteiger partial charge in [-0.1, -0.05) is 30.3 Å². The van der Waals surface area contributed by atoms with Crippen LogP contribution in [0.15, 0.2) is 48.5 Å². The third-order valence-corrected chi connectivity index (χ3v) is 4.47. The highest BCUT2D eigenvalue weighted by Gasteiger charge is 2.26. The first-order valence-corrected chi connectivity index (χ1v) is 7.72. The Morgan fingerprint density at radius 3 is 2.75 bits per heavy atom. The lowest BCUT2D eigenvalue weighted by atomic mass is 9.90. The van der Waals surface area contributed by atoms with Crippen molar-refractivity contribution in [3.63, 3.8) is 0 Å². The summed E-state index contributed by atoms with van der Waals surface area (Å²) in [5.41, 5.74) is 3.04. The van der Waals surface area contributed by atoms with E-state index < -0.39 is 0 Å². The van der Waals surface area contributed by atoms with Gasteiger partial charge in [-0.15, -0.1) is 0 Å². The van der Waals surface area contributed by atoms with E-state index >= 15 is 0 Å². The van der Waals surface area contributed by atoms with Crippen LogP contribution in [0.1, 0.15) is 17.9 Å². The molecule has 3 rings (SSSR count). The van der Waals surface area contributed by atoms with Gasteiger partial charge in [-0.2, -0.15) is 0 Å². The first-order valence-electron chi connectivity index (χ1n) is 6.64. The number of carbonyl (C=O) groups excluding carboxylic acids is 1. The van der Waals surface area contributed by atoms with Gasteiger partial charge in [-0.25, -0.2) is 0 Å². The van der Waals surface area contributed by atoms with Gasteiger partial charge in [-0.05, 0) is 52.8 Å². The summed E-state index contributed by atoms with van der Waals surface area (Å²) in [5, 5.41) is 6.39. The molecule has 1 aliphatic heterocycles. The molecule has 2 N–H and O–H groups in total. The summed E-state index contributed by atoms with van der Waals surface area (Å²) in [7, 11) is 0. The van der Waals surface area contributed by atoms with Gasteiger partial charge >= 0.3 is 0 Å². The minimum Gasteiger partial charge on any atom is -0.385 e. The lowest BCUT2D eigenvalue weighted by molar-refractivity contribution is -0.117. The number of fused-ring (bicyclic) bond motifs is 1. The standard InChI is InChI=1S/C16H15IN2O/c17-13-6-2-4-8-15(13)19-16(20)12-9-10-18-14-7-3-1-5-11(12)14/h1-8,12,18H,9-10H2,(H,19,20). The smallest absolute Gasteiger partial charge is 0.232 e. The number of hydrogen-bond acceptors (Lipinski definition) is 2. The minimum absolute atomic E-state index is 0.0723. The highest BCUT2D eigenvalue weighted by molar-refractivity contribution is 14.1. The summed E-state index contributed by atoms with van der Waals surface area (Å²) < 4.78 is 1.06. The molecule has 4 heteroatoms. The second-order valence-electron chi connectivity index (χ2n) is 4.82. The SMILES string of the molecule is O=C(Nc1ccccc1I)C1CCNc2ccccc21. The quantitative estimate of drug-likeness (QED) is 0.780. The third kappa shape index (κ3) is 2.65. The van der Waals surface area contributed by atoms with Crippen molar-refractivity contribution in [2.45, 2.75) is 12.3 Å². The average molecular weight is 378 g/mol. The van der Waals surface area contributed by atoms with E-state index in [0.717, 1.165) is 33.5 Å². The highest BCUT2D eigenvalue weighted by Crippen LogP contribution is 2.32. The second kappa shape index (κ2) is 5.83. The Kier molecular flexibility index (Phi) is 3.91. The fourth-order valence-electron chi connectivity index (χ4n) is 2.52. The number of benzene rings is 2. The Bertz CT molecular complexity index is 642. The molecule has 0 fully saturated rings. The maximum atomic E-state index is 12.5. The Balaban J connectivity index is 1.84. The summed E-state index contributed by atoms with van der Waals surface area (Å²) in [4.78, 5) is 12.5. The molecule has 0 radical (unpaired) electrons. The Hall–Kier alpha value is -1.56. The molecule has 2 aromatic carbocycles. The highest BCUT2D eigenvalue weighted by atomic mass is 127. The van der Waals surface area contributed by atoms with Crippen molar-refractivity contribution in [3.8, 4) is 0 Å². The normalized spacial score (nSPS) is 16.9. The maximum Gasteiger partial charge on any atom is 0.232 e. The van der Waals surface area contributed by atoms with Crippen molar-refractivity contribution in [2.24, 2.45) is 0 Å². The van der Waals surface area contributed by atoms with Crippen molar-refractivity contribution < 1.29 is 4.79 Å². The first-order chi connectivity index (χ1) is 9.75. The van der Waals surface area contributed by atoms with Crippen LogP contribution in [0.25, 0.3) is 0 Å². The molecule has 0 bridgehead atoms. The topological polar surface area (TPSA) is 41.1 Å². The number of rotatable bonds is 2. The number of para-hydroxylation sites is 2. The fraction of sp³-hybridized carbons (Fsp3) is 0.188. The zero-order valence-corrected chi connectivity index (χ0v) is 13.1. The molecule has 0 saturated heterocycles. The first kappa shape index (κ1) is 13.4. The Morgan fingerprint density at radius 1 is 1.15 bits per heavy atom. The molecule has 0 spiro atoms. The van der Waals surface area contributed by atoms with Gasteiger partial charge in [0.2, 0.25) is 5.91 Å². The second-order valence-corrected chi connectivity index (χ2v) is 5.99. The summed E-state index contributed by atoms with van der Waals surface area (Å²) in [6.45, 7) is 0.834. The van der Waals surface area contributed by atoms with Gasteiger partial charge in [-0.3, -0.25) is 4.79 Å². The molecule has 0 aromatic heterocycles. The van der Waals surface area contributed by atoms with Crippen LogP contribution in [0.5, 0.6) is 0 Å². The maximum absolute atomic E-state index is 12.5. The average Bonchev–Trinajstić information content (AvgIpc) is 2.49. The van der Waals surface area contributed by atoms with Crippen molar-refractivity contribution in [2.75, 3.05) is 17.2 Å². The van der Waals surface area contributed by atoms with Crippen LogP contribution in [0.2, 0.25) is 0 Å². The molecule has 20 heavy (non-hydrogen) atoms. The molecule has 1 amide bonds. The molecule has 3 nitrogen and oxygen atoms in total. The third-order valence-electron chi connectivity index (χ3n) is 3.53. The van der Waals surface area contributed by atoms with Crippen LogP contribution in [0.3, 0.4) is 0 Å². The number of hydrogen-bond donors (Lipinski definition) is 2. The number of amides is 1. The number of carbonyl (C=O) groups is 1. The molecule has 102 valence electrons. The lowest BCUT2D eigenvalue weighted by Crippen LogP contribution is -2.27. The molecule has 0 aliphatic carbocycles. The van der Waals surface area contributed by atoms with Crippen molar-refractivity contribution in [1.29, 1.82) is 0 Å². The van der Waals surface area contributed by atoms with Crippen LogP contribution in [-0.4, -0.2) is 12.5 Å². The Labute approximate surface area is 131 Å². The van der Waals surface area contributed by atoms with Crippen molar-refractivity contribution in [3.05, 3.63) is 57.7 Å². The van der Waals surface area contributed by atoms with Gasteiger partial charge in [0.25, 0.3) is 0 Å². The van der Waals surface area contributed by atoms with E-state index in [-0.39, 0.29) is 11.8 Å². The van der Waals surface area contributed by atoms with Crippen LogP contribution in [0.4, 0.5) is 11.4 Å².